The highest BCUT2D eigenvalue weighted by Crippen LogP contribution is 2.36. The lowest BCUT2D eigenvalue weighted by molar-refractivity contribution is 0.383. The van der Waals surface area contributed by atoms with Gasteiger partial charge in [-0.3, -0.25) is 9.79 Å². The van der Waals surface area contributed by atoms with Gasteiger partial charge >= 0.3 is 0 Å². The van der Waals surface area contributed by atoms with E-state index in [9.17, 15) is 13.6 Å². The van der Waals surface area contributed by atoms with Crippen LogP contribution in [0.5, 0.6) is 5.75 Å². The second kappa shape index (κ2) is 7.00. The summed E-state index contributed by atoms with van der Waals surface area (Å²) in [6, 6.07) is 6.70. The third-order valence-corrected chi connectivity index (χ3v) is 5.15. The molecule has 0 atom stereocenters. The van der Waals surface area contributed by atoms with Crippen LogP contribution in [-0.4, -0.2) is 22.4 Å². The van der Waals surface area contributed by atoms with Crippen LogP contribution in [0.15, 0.2) is 46.3 Å². The molecule has 0 bridgehead atoms. The summed E-state index contributed by atoms with van der Waals surface area (Å²) in [5.74, 6) is -1.61. The largest absolute Gasteiger partial charge is 0.494 e. The highest BCUT2D eigenvalue weighted by molar-refractivity contribution is 6.45. The standard InChI is InChI=1S/C19H11Cl2F2N3O2/c1-28-12-5-3-10(22)15(18(12)23)19-16-11(4-2-9(20)17(16)21)26-7-6-14(27)25-13(26)8-24-19/h2-7H,8H2,1H3. The van der Waals surface area contributed by atoms with Gasteiger partial charge in [0.1, 0.15) is 11.6 Å². The Morgan fingerprint density at radius 3 is 2.64 bits per heavy atom. The smallest absolute Gasteiger partial charge is 0.272 e. The zero-order chi connectivity index (χ0) is 20.0. The predicted octanol–water partition coefficient (Wildman–Crippen LogP) is 4.18. The summed E-state index contributed by atoms with van der Waals surface area (Å²) in [7, 11) is 1.28. The van der Waals surface area contributed by atoms with Crippen molar-refractivity contribution in [2.75, 3.05) is 7.11 Å². The van der Waals surface area contributed by atoms with E-state index in [2.05, 4.69) is 9.98 Å². The molecule has 0 fully saturated rings. The van der Waals surface area contributed by atoms with Gasteiger partial charge in [-0.2, -0.15) is 4.98 Å². The minimum absolute atomic E-state index is 0.0469. The fraction of sp³-hybridized carbons (Fsp3) is 0.105. The van der Waals surface area contributed by atoms with Crippen LogP contribution in [0.25, 0.3) is 5.69 Å². The van der Waals surface area contributed by atoms with E-state index in [0.717, 1.165) is 6.07 Å². The Balaban J connectivity index is 2.10. The van der Waals surface area contributed by atoms with Gasteiger partial charge in [-0.25, -0.2) is 8.78 Å². The van der Waals surface area contributed by atoms with Gasteiger partial charge in [0.2, 0.25) is 0 Å². The number of ether oxygens (including phenoxy) is 1. The number of aromatic nitrogens is 2. The molecular formula is C19H11Cl2F2N3O2. The van der Waals surface area contributed by atoms with Crippen molar-refractivity contribution in [1.29, 1.82) is 0 Å². The van der Waals surface area contributed by atoms with E-state index in [4.69, 9.17) is 27.9 Å². The molecule has 0 N–H and O–H groups in total. The monoisotopic (exact) mass is 421 g/mol. The molecule has 0 radical (unpaired) electrons. The molecular weight excluding hydrogens is 411 g/mol. The Hall–Kier alpha value is -2.77. The molecule has 0 unspecified atom stereocenters. The second-order valence-electron chi connectivity index (χ2n) is 5.91. The predicted molar refractivity (Wildman–Crippen MR) is 102 cm³/mol. The van der Waals surface area contributed by atoms with E-state index < -0.39 is 22.8 Å². The molecule has 2 heterocycles. The summed E-state index contributed by atoms with van der Waals surface area (Å²) < 4.78 is 36.2. The first-order chi connectivity index (χ1) is 13.4. The van der Waals surface area contributed by atoms with Crippen molar-refractivity contribution in [1.82, 2.24) is 9.55 Å². The van der Waals surface area contributed by atoms with Gasteiger partial charge in [0.25, 0.3) is 5.56 Å². The summed E-state index contributed by atoms with van der Waals surface area (Å²) >= 11 is 12.6. The van der Waals surface area contributed by atoms with Gasteiger partial charge in [-0.05, 0) is 24.3 Å². The normalized spacial score (nSPS) is 12.7. The molecule has 3 aromatic rings. The van der Waals surface area contributed by atoms with Crippen LogP contribution in [0.3, 0.4) is 0 Å². The number of nitrogens with zero attached hydrogens (tertiary/aromatic N) is 3. The average Bonchev–Trinajstić information content (AvgIpc) is 2.82. The Morgan fingerprint density at radius 2 is 1.89 bits per heavy atom. The first-order valence-electron chi connectivity index (χ1n) is 8.06. The van der Waals surface area contributed by atoms with Gasteiger partial charge in [0.05, 0.1) is 40.7 Å². The van der Waals surface area contributed by atoms with Crippen molar-refractivity contribution in [3.8, 4) is 11.4 Å². The van der Waals surface area contributed by atoms with Crippen molar-refractivity contribution in [3.05, 3.63) is 85.5 Å². The molecule has 0 spiro atoms. The number of halogens is 4. The van der Waals surface area contributed by atoms with Crippen LogP contribution in [0.1, 0.15) is 17.0 Å². The van der Waals surface area contributed by atoms with Crippen molar-refractivity contribution < 1.29 is 13.5 Å². The summed E-state index contributed by atoms with van der Waals surface area (Å²) in [5.41, 5.74) is -0.237. The molecule has 0 aliphatic carbocycles. The van der Waals surface area contributed by atoms with Crippen LogP contribution in [0.2, 0.25) is 10.0 Å². The van der Waals surface area contributed by atoms with E-state index in [1.54, 1.807) is 16.7 Å². The number of methoxy groups -OCH3 is 1. The van der Waals surface area contributed by atoms with Gasteiger partial charge < -0.3 is 9.30 Å². The van der Waals surface area contributed by atoms with Crippen molar-refractivity contribution in [2.45, 2.75) is 6.54 Å². The topological polar surface area (TPSA) is 56.5 Å². The number of rotatable bonds is 2. The molecule has 0 amide bonds. The summed E-state index contributed by atoms with van der Waals surface area (Å²) in [6.07, 6.45) is 1.50. The van der Waals surface area contributed by atoms with Crippen molar-refractivity contribution in [3.63, 3.8) is 0 Å². The lowest BCUT2D eigenvalue weighted by Crippen LogP contribution is -2.15. The fourth-order valence-electron chi connectivity index (χ4n) is 3.08. The fourth-order valence-corrected chi connectivity index (χ4v) is 3.49. The van der Waals surface area contributed by atoms with E-state index in [-0.39, 0.29) is 33.6 Å². The van der Waals surface area contributed by atoms with E-state index in [0.29, 0.717) is 11.5 Å². The molecule has 1 aromatic heterocycles. The van der Waals surface area contributed by atoms with Crippen LogP contribution in [0.4, 0.5) is 8.78 Å². The molecule has 1 aliphatic rings. The third kappa shape index (κ3) is 2.87. The molecule has 1 aliphatic heterocycles. The summed E-state index contributed by atoms with van der Waals surface area (Å²) in [4.78, 5) is 19.9. The zero-order valence-corrected chi connectivity index (χ0v) is 15.9. The average molecular weight is 422 g/mol. The first kappa shape index (κ1) is 18.6. The maximum atomic E-state index is 15.0. The molecule has 142 valence electrons. The lowest BCUT2D eigenvalue weighted by atomic mass is 9.98. The van der Waals surface area contributed by atoms with Gasteiger partial charge in [-0.15, -0.1) is 0 Å². The molecule has 0 saturated heterocycles. The minimum atomic E-state index is -0.920. The molecule has 28 heavy (non-hydrogen) atoms. The van der Waals surface area contributed by atoms with Crippen LogP contribution < -0.4 is 10.3 Å². The second-order valence-corrected chi connectivity index (χ2v) is 6.70. The van der Waals surface area contributed by atoms with E-state index in [1.165, 1.54) is 25.4 Å². The van der Waals surface area contributed by atoms with Crippen LogP contribution in [0, 0.1) is 11.6 Å². The zero-order valence-electron chi connectivity index (χ0n) is 14.3. The summed E-state index contributed by atoms with van der Waals surface area (Å²) in [5, 5.41) is 0.264. The molecule has 2 aromatic carbocycles. The van der Waals surface area contributed by atoms with Crippen LogP contribution >= 0.6 is 23.2 Å². The van der Waals surface area contributed by atoms with Gasteiger partial charge in [-0.1, -0.05) is 23.2 Å². The number of aliphatic imine (C=N–C) groups is 1. The third-order valence-electron chi connectivity index (χ3n) is 4.34. The number of hydrogen-bond acceptors (Lipinski definition) is 4. The lowest BCUT2D eigenvalue weighted by Gasteiger charge is -2.17. The maximum Gasteiger partial charge on any atom is 0.272 e. The van der Waals surface area contributed by atoms with E-state index in [1.807, 2.05) is 0 Å². The minimum Gasteiger partial charge on any atom is -0.494 e. The quantitative estimate of drug-likeness (QED) is 0.623. The van der Waals surface area contributed by atoms with E-state index >= 15 is 0 Å². The maximum absolute atomic E-state index is 15.0. The molecule has 9 heteroatoms. The number of fused-ring (bicyclic) bond motifs is 3. The molecule has 5 nitrogen and oxygen atoms in total. The number of hydrogen-bond donors (Lipinski definition) is 0. The molecule has 0 saturated carbocycles. The van der Waals surface area contributed by atoms with Gasteiger partial charge in [0, 0.05) is 17.8 Å². The Kier molecular flexibility index (Phi) is 4.64. The van der Waals surface area contributed by atoms with Crippen molar-refractivity contribution >= 4 is 28.9 Å². The molecule has 4 rings (SSSR count). The highest BCUT2D eigenvalue weighted by atomic mass is 35.5. The Labute approximate surface area is 167 Å². The SMILES string of the molecule is COc1ccc(F)c(C2=NCc3nc(=O)ccn3-c3ccc(Cl)c(Cl)c32)c1F. The van der Waals surface area contributed by atoms with Gasteiger partial charge in [0.15, 0.2) is 11.6 Å². The first-order valence-corrected chi connectivity index (χ1v) is 8.82. The number of benzene rings is 2. The van der Waals surface area contributed by atoms with Crippen LogP contribution in [-0.2, 0) is 6.54 Å². The Morgan fingerprint density at radius 1 is 1.11 bits per heavy atom. The van der Waals surface area contributed by atoms with Crippen molar-refractivity contribution in [2.24, 2.45) is 4.99 Å². The summed E-state index contributed by atoms with van der Waals surface area (Å²) in [6.45, 7) is -0.0931. The highest BCUT2D eigenvalue weighted by Gasteiger charge is 2.28. The Bertz CT molecular complexity index is 1210.